The minimum Gasteiger partial charge on any atom is -0.484 e. The first kappa shape index (κ1) is 23.0. The number of anilines is 1. The molecule has 0 saturated carbocycles. The van der Waals surface area contributed by atoms with Crippen molar-refractivity contribution in [3.63, 3.8) is 0 Å². The molecule has 2 amide bonds. The number of hydrogen-bond donors (Lipinski definition) is 1. The van der Waals surface area contributed by atoms with Crippen molar-refractivity contribution in [1.29, 1.82) is 0 Å². The lowest BCUT2D eigenvalue weighted by molar-refractivity contribution is -0.139. The lowest BCUT2D eigenvalue weighted by atomic mass is 9.97. The van der Waals surface area contributed by atoms with Crippen molar-refractivity contribution in [2.24, 2.45) is 0 Å². The van der Waals surface area contributed by atoms with Gasteiger partial charge in [0, 0.05) is 49.2 Å². The Kier molecular flexibility index (Phi) is 7.42. The van der Waals surface area contributed by atoms with Gasteiger partial charge in [-0.05, 0) is 76.3 Å². The Hall–Kier alpha value is -3.16. The third kappa shape index (κ3) is 5.80. The van der Waals surface area contributed by atoms with E-state index in [1.807, 2.05) is 4.90 Å². The molecule has 2 aliphatic rings. The van der Waals surface area contributed by atoms with Crippen LogP contribution in [0.15, 0.2) is 42.7 Å². The van der Waals surface area contributed by atoms with Crippen LogP contribution in [0, 0.1) is 0 Å². The Labute approximate surface area is 195 Å². The highest BCUT2D eigenvalue weighted by molar-refractivity contribution is 5.94. The Morgan fingerprint density at radius 1 is 1.03 bits per heavy atom. The molecule has 8 nitrogen and oxygen atoms in total. The van der Waals surface area contributed by atoms with Crippen LogP contribution in [0.2, 0.25) is 0 Å². The molecule has 2 fully saturated rings. The highest BCUT2D eigenvalue weighted by Gasteiger charge is 2.29. The molecule has 1 aromatic carbocycles. The van der Waals surface area contributed by atoms with Crippen LogP contribution < -0.4 is 15.0 Å². The zero-order valence-electron chi connectivity index (χ0n) is 19.4. The van der Waals surface area contributed by atoms with Crippen molar-refractivity contribution in [3.8, 4) is 5.75 Å². The van der Waals surface area contributed by atoms with Gasteiger partial charge in [0.25, 0.3) is 11.8 Å². The molecule has 0 aliphatic carbocycles. The number of carbonyl (C=O) groups is 2. The van der Waals surface area contributed by atoms with Gasteiger partial charge in [0.1, 0.15) is 5.75 Å². The molecule has 2 aliphatic heterocycles. The lowest BCUT2D eigenvalue weighted by Gasteiger charge is -2.38. The van der Waals surface area contributed by atoms with Crippen LogP contribution >= 0.6 is 0 Å². The molecule has 0 spiro atoms. The Bertz CT molecular complexity index is 927. The van der Waals surface area contributed by atoms with Crippen LogP contribution in [-0.2, 0) is 4.79 Å². The van der Waals surface area contributed by atoms with E-state index in [0.717, 1.165) is 38.6 Å². The summed E-state index contributed by atoms with van der Waals surface area (Å²) >= 11 is 0. The second kappa shape index (κ2) is 10.6. The first-order valence-corrected chi connectivity index (χ1v) is 11.9. The molecule has 4 rings (SSSR count). The zero-order valence-corrected chi connectivity index (χ0v) is 19.4. The molecule has 0 radical (unpaired) electrons. The molecule has 33 heavy (non-hydrogen) atoms. The molecule has 2 saturated heterocycles. The number of hydrogen-bond acceptors (Lipinski definition) is 6. The van der Waals surface area contributed by atoms with Crippen molar-refractivity contribution in [2.45, 2.75) is 64.1 Å². The minimum atomic E-state index is -0.116. The standard InChI is InChI=1S/C25H33N5O3/c1-18-6-3-7-19(2)30(18)23(31)17-33-22-11-9-20(10-12-22)24(32)28-21-8-4-15-29(16-21)25-26-13-5-14-27-25/h5,9-14,18-19,21H,3-4,6-8,15-17H2,1-2H3,(H,28,32). The highest BCUT2D eigenvalue weighted by Crippen LogP contribution is 2.23. The van der Waals surface area contributed by atoms with Gasteiger partial charge in [-0.3, -0.25) is 9.59 Å². The molecule has 3 heterocycles. The SMILES string of the molecule is CC1CCCC(C)N1C(=O)COc1ccc(C(=O)NC2CCCN(c3ncccn3)C2)cc1. The molecular formula is C25H33N5O3. The third-order valence-corrected chi connectivity index (χ3v) is 6.55. The number of ether oxygens (including phenoxy) is 1. The number of rotatable bonds is 6. The summed E-state index contributed by atoms with van der Waals surface area (Å²) in [5.41, 5.74) is 0.569. The zero-order chi connectivity index (χ0) is 23.2. The number of likely N-dealkylation sites (tertiary alicyclic amines) is 1. The maximum Gasteiger partial charge on any atom is 0.260 e. The van der Waals surface area contributed by atoms with Gasteiger partial charge >= 0.3 is 0 Å². The van der Waals surface area contributed by atoms with E-state index in [9.17, 15) is 9.59 Å². The molecule has 1 N–H and O–H groups in total. The summed E-state index contributed by atoms with van der Waals surface area (Å²) in [6.07, 6.45) is 8.60. The topological polar surface area (TPSA) is 87.7 Å². The summed E-state index contributed by atoms with van der Waals surface area (Å²) < 4.78 is 5.72. The van der Waals surface area contributed by atoms with Gasteiger partial charge in [-0.25, -0.2) is 9.97 Å². The number of nitrogens with one attached hydrogen (secondary N) is 1. The number of piperidine rings is 2. The Morgan fingerprint density at radius 3 is 2.42 bits per heavy atom. The van der Waals surface area contributed by atoms with Gasteiger partial charge in [-0.2, -0.15) is 0 Å². The Morgan fingerprint density at radius 2 is 1.73 bits per heavy atom. The van der Waals surface area contributed by atoms with Crippen molar-refractivity contribution < 1.29 is 14.3 Å². The Balaban J connectivity index is 1.28. The summed E-state index contributed by atoms with van der Waals surface area (Å²) in [5, 5.41) is 3.12. The summed E-state index contributed by atoms with van der Waals surface area (Å²) in [4.78, 5) is 38.1. The predicted molar refractivity (Wildman–Crippen MR) is 126 cm³/mol. The van der Waals surface area contributed by atoms with Gasteiger partial charge in [-0.1, -0.05) is 0 Å². The first-order chi connectivity index (χ1) is 16.0. The third-order valence-electron chi connectivity index (χ3n) is 6.55. The van der Waals surface area contributed by atoms with Crippen LogP contribution in [-0.4, -0.2) is 64.5 Å². The van der Waals surface area contributed by atoms with Gasteiger partial charge in [0.15, 0.2) is 6.61 Å². The van der Waals surface area contributed by atoms with Gasteiger partial charge in [0.2, 0.25) is 5.95 Å². The number of aromatic nitrogens is 2. The number of nitrogens with zero attached hydrogens (tertiary/aromatic N) is 4. The molecule has 8 heteroatoms. The summed E-state index contributed by atoms with van der Waals surface area (Å²) in [5.74, 6) is 1.18. The predicted octanol–water partition coefficient (Wildman–Crippen LogP) is 3.04. The second-order valence-electron chi connectivity index (χ2n) is 9.05. The fourth-order valence-corrected chi connectivity index (χ4v) is 4.83. The van der Waals surface area contributed by atoms with Crippen LogP contribution in [0.1, 0.15) is 56.3 Å². The summed E-state index contributed by atoms with van der Waals surface area (Å²) in [6, 6.07) is 9.30. The molecule has 3 atom stereocenters. The van der Waals surface area contributed by atoms with E-state index in [4.69, 9.17) is 4.74 Å². The van der Waals surface area contributed by atoms with Crippen molar-refractivity contribution in [2.75, 3.05) is 24.6 Å². The largest absolute Gasteiger partial charge is 0.484 e. The van der Waals surface area contributed by atoms with Crippen LogP contribution in [0.5, 0.6) is 5.75 Å². The smallest absolute Gasteiger partial charge is 0.260 e. The number of carbonyl (C=O) groups excluding carboxylic acids is 2. The van der Waals surface area contributed by atoms with E-state index >= 15 is 0 Å². The molecule has 176 valence electrons. The van der Waals surface area contributed by atoms with Gasteiger partial charge < -0.3 is 19.9 Å². The van der Waals surface area contributed by atoms with Crippen molar-refractivity contribution >= 4 is 17.8 Å². The summed E-state index contributed by atoms with van der Waals surface area (Å²) in [7, 11) is 0. The van der Waals surface area contributed by atoms with E-state index < -0.39 is 0 Å². The fraction of sp³-hybridized carbons (Fsp3) is 0.520. The van der Waals surface area contributed by atoms with Crippen molar-refractivity contribution in [3.05, 3.63) is 48.3 Å². The number of amides is 2. The van der Waals surface area contributed by atoms with E-state index in [0.29, 0.717) is 23.8 Å². The van der Waals surface area contributed by atoms with Crippen LogP contribution in [0.25, 0.3) is 0 Å². The van der Waals surface area contributed by atoms with E-state index in [1.165, 1.54) is 0 Å². The quantitative estimate of drug-likeness (QED) is 0.726. The fourth-order valence-electron chi connectivity index (χ4n) is 4.83. The minimum absolute atomic E-state index is 0.0136. The molecule has 2 aromatic rings. The average Bonchev–Trinajstić information content (AvgIpc) is 2.83. The van der Waals surface area contributed by atoms with Crippen LogP contribution in [0.3, 0.4) is 0 Å². The number of benzene rings is 1. The van der Waals surface area contributed by atoms with E-state index in [2.05, 4.69) is 34.0 Å². The molecular weight excluding hydrogens is 418 g/mol. The maximum atomic E-state index is 12.7. The lowest BCUT2D eigenvalue weighted by Crippen LogP contribution is -2.49. The monoisotopic (exact) mass is 451 g/mol. The van der Waals surface area contributed by atoms with Gasteiger partial charge in [-0.15, -0.1) is 0 Å². The van der Waals surface area contributed by atoms with Crippen molar-refractivity contribution in [1.82, 2.24) is 20.2 Å². The maximum absolute atomic E-state index is 12.7. The molecule has 1 aromatic heterocycles. The second-order valence-corrected chi connectivity index (χ2v) is 9.05. The first-order valence-electron chi connectivity index (χ1n) is 11.9. The van der Waals surface area contributed by atoms with E-state index in [-0.39, 0.29) is 36.5 Å². The highest BCUT2D eigenvalue weighted by atomic mass is 16.5. The molecule has 3 unspecified atom stereocenters. The van der Waals surface area contributed by atoms with Gasteiger partial charge in [0.05, 0.1) is 0 Å². The summed E-state index contributed by atoms with van der Waals surface area (Å²) in [6.45, 7) is 5.78. The van der Waals surface area contributed by atoms with Crippen LogP contribution in [0.4, 0.5) is 5.95 Å². The van der Waals surface area contributed by atoms with E-state index in [1.54, 1.807) is 42.7 Å². The normalized spacial score (nSPS) is 23.2. The average molecular weight is 452 g/mol. The molecule has 0 bridgehead atoms.